The highest BCUT2D eigenvalue weighted by molar-refractivity contribution is 9.18. The SMILES string of the molecule is O=C(OC[C@@H](OC(=O)c1cc(O)c(O)c(O)c1)[C@@H](OC(=O)c1cc(O)c(O)c(O)c1)[C@H](OC(=O)c1cc(O)c(O)c(O)c1)[C@@H](OC(=O)c1cc(O)c(O)c(O)c1)C(=O)Br)c1cc(O)c(O)c(O)c1. The molecule has 0 aliphatic rings. The van der Waals surface area contributed by atoms with Crippen molar-refractivity contribution in [2.45, 2.75) is 24.4 Å². The number of aromatic hydroxyl groups is 15. The van der Waals surface area contributed by atoms with E-state index in [0.29, 0.717) is 60.7 Å². The zero-order valence-electron chi connectivity index (χ0n) is 33.4. The molecule has 0 fully saturated rings. The van der Waals surface area contributed by atoms with Crippen molar-refractivity contribution in [3.8, 4) is 86.2 Å². The van der Waals surface area contributed by atoms with Gasteiger partial charge < -0.3 is 100 Å². The normalized spacial score (nSPS) is 12.7. The number of ether oxygens (including phenoxy) is 5. The third-order valence-corrected chi connectivity index (χ3v) is 9.55. The van der Waals surface area contributed by atoms with Crippen LogP contribution in [0, 0.1) is 0 Å². The van der Waals surface area contributed by atoms with Gasteiger partial charge >= 0.3 is 29.8 Å². The van der Waals surface area contributed by atoms with E-state index in [1.807, 2.05) is 0 Å². The molecule has 68 heavy (non-hydrogen) atoms. The van der Waals surface area contributed by atoms with E-state index in [-0.39, 0.29) is 0 Å². The third kappa shape index (κ3) is 10.7. The van der Waals surface area contributed by atoms with E-state index in [2.05, 4.69) is 15.9 Å². The molecule has 0 saturated carbocycles. The molecule has 15 N–H and O–H groups in total. The molecule has 0 aromatic heterocycles. The Hall–Kier alpha value is -9.40. The monoisotopic (exact) mass is 1020 g/mol. The fourth-order valence-corrected chi connectivity index (χ4v) is 6.07. The van der Waals surface area contributed by atoms with Crippen molar-refractivity contribution in [3.63, 3.8) is 0 Å². The Balaban J connectivity index is 1.76. The minimum absolute atomic E-state index is 0.460. The summed E-state index contributed by atoms with van der Waals surface area (Å²) >= 11 is 2.51. The van der Waals surface area contributed by atoms with Crippen molar-refractivity contribution in [3.05, 3.63) is 88.5 Å². The molecule has 0 aliphatic carbocycles. The first kappa shape index (κ1) is 49.6. The summed E-state index contributed by atoms with van der Waals surface area (Å²) in [5.41, 5.74) is -4.37. The molecule has 0 unspecified atom stereocenters. The Bertz CT molecular complexity index is 2760. The first-order valence-electron chi connectivity index (χ1n) is 18.2. The highest BCUT2D eigenvalue weighted by Crippen LogP contribution is 2.40. The molecule has 0 heterocycles. The molecule has 27 heteroatoms. The molecule has 0 radical (unpaired) electrons. The second kappa shape index (κ2) is 19.8. The number of carbonyl (C=O) groups excluding carboxylic acids is 6. The Morgan fingerprint density at radius 1 is 0.353 bits per heavy atom. The second-order valence-electron chi connectivity index (χ2n) is 13.7. The summed E-state index contributed by atoms with van der Waals surface area (Å²) in [6.07, 6.45) is -11.2. The average molecular weight is 1020 g/mol. The van der Waals surface area contributed by atoms with Crippen LogP contribution in [0.2, 0.25) is 0 Å². The van der Waals surface area contributed by atoms with Crippen molar-refractivity contribution >= 4 is 50.5 Å². The molecule has 358 valence electrons. The molecular weight excluding hydrogens is 988 g/mol. The summed E-state index contributed by atoms with van der Waals surface area (Å²) in [5, 5.41) is 150. The number of esters is 5. The minimum Gasteiger partial charge on any atom is -0.504 e. The Morgan fingerprint density at radius 2 is 0.588 bits per heavy atom. The molecule has 0 aliphatic heterocycles. The summed E-state index contributed by atoms with van der Waals surface area (Å²) in [4.78, 5) is 82.3. The maximum atomic E-state index is 14.0. The molecule has 0 amide bonds. The van der Waals surface area contributed by atoms with Gasteiger partial charge in [-0.25, -0.2) is 24.0 Å². The second-order valence-corrected chi connectivity index (χ2v) is 14.5. The van der Waals surface area contributed by atoms with Gasteiger partial charge in [-0.3, -0.25) is 4.79 Å². The minimum atomic E-state index is -2.88. The molecule has 0 bridgehead atoms. The molecular formula is C41H31BrO26. The van der Waals surface area contributed by atoms with Gasteiger partial charge in [0, 0.05) is 0 Å². The van der Waals surface area contributed by atoms with Crippen molar-refractivity contribution in [1.29, 1.82) is 0 Å². The van der Waals surface area contributed by atoms with Gasteiger partial charge in [-0.1, -0.05) is 0 Å². The molecule has 4 atom stereocenters. The largest absolute Gasteiger partial charge is 0.504 e. The van der Waals surface area contributed by atoms with Crippen molar-refractivity contribution < 1.29 is 129 Å². The highest BCUT2D eigenvalue weighted by atomic mass is 79.9. The van der Waals surface area contributed by atoms with E-state index in [0.717, 1.165) is 0 Å². The number of carbonyl (C=O) groups is 6. The molecule has 0 spiro atoms. The molecule has 5 aromatic rings. The van der Waals surface area contributed by atoms with Gasteiger partial charge in [-0.2, -0.15) is 0 Å². The van der Waals surface area contributed by atoms with Gasteiger partial charge in [0.15, 0.2) is 105 Å². The van der Waals surface area contributed by atoms with Crippen molar-refractivity contribution in [1.82, 2.24) is 0 Å². The van der Waals surface area contributed by atoms with Crippen LogP contribution in [0.3, 0.4) is 0 Å². The van der Waals surface area contributed by atoms with E-state index in [4.69, 9.17) is 23.7 Å². The zero-order chi connectivity index (χ0) is 50.6. The summed E-state index contributed by atoms with van der Waals surface area (Å²) < 4.78 is 25.3. The summed E-state index contributed by atoms with van der Waals surface area (Å²) in [7, 11) is 0. The van der Waals surface area contributed by atoms with Gasteiger partial charge in [0.2, 0.25) is 10.8 Å². The van der Waals surface area contributed by atoms with Gasteiger partial charge in [-0.15, -0.1) is 0 Å². The van der Waals surface area contributed by atoms with Gasteiger partial charge in [0.05, 0.1) is 27.8 Å². The lowest BCUT2D eigenvalue weighted by Crippen LogP contribution is -2.55. The van der Waals surface area contributed by atoms with Crippen LogP contribution in [0.25, 0.3) is 0 Å². The summed E-state index contributed by atoms with van der Waals surface area (Å²) in [5.74, 6) is -26.0. The average Bonchev–Trinajstić information content (AvgIpc) is 3.27. The first-order chi connectivity index (χ1) is 31.8. The van der Waals surface area contributed by atoms with Crippen LogP contribution in [-0.2, 0) is 28.5 Å². The van der Waals surface area contributed by atoms with Crippen LogP contribution in [0.15, 0.2) is 60.7 Å². The predicted octanol–water partition coefficient (Wildman–Crippen LogP) is 2.25. The van der Waals surface area contributed by atoms with Crippen molar-refractivity contribution in [2.24, 2.45) is 0 Å². The van der Waals surface area contributed by atoms with Crippen LogP contribution < -0.4 is 0 Å². The lowest BCUT2D eigenvalue weighted by molar-refractivity contribution is -0.144. The highest BCUT2D eigenvalue weighted by Gasteiger charge is 2.48. The fourth-order valence-electron chi connectivity index (χ4n) is 5.72. The Morgan fingerprint density at radius 3 is 0.868 bits per heavy atom. The summed E-state index contributed by atoms with van der Waals surface area (Å²) in [6, 6.07) is 4.89. The lowest BCUT2D eigenvalue weighted by Gasteiger charge is -2.35. The maximum Gasteiger partial charge on any atom is 0.339 e. The molecule has 5 aromatic carbocycles. The maximum absolute atomic E-state index is 14.0. The van der Waals surface area contributed by atoms with Gasteiger partial charge in [-0.05, 0) is 76.6 Å². The van der Waals surface area contributed by atoms with E-state index >= 15 is 0 Å². The van der Waals surface area contributed by atoms with E-state index < -0.39 is 180 Å². The molecule has 0 saturated heterocycles. The van der Waals surface area contributed by atoms with E-state index in [1.165, 1.54) is 0 Å². The number of hydrogen-bond acceptors (Lipinski definition) is 26. The van der Waals surface area contributed by atoms with Gasteiger partial charge in [0.1, 0.15) is 6.61 Å². The van der Waals surface area contributed by atoms with Crippen LogP contribution in [-0.4, -0.2) is 142 Å². The van der Waals surface area contributed by atoms with E-state index in [9.17, 15) is 105 Å². The number of halogens is 1. The number of rotatable bonds is 15. The first-order valence-corrected chi connectivity index (χ1v) is 19.0. The number of benzene rings is 5. The van der Waals surface area contributed by atoms with Crippen LogP contribution >= 0.6 is 15.9 Å². The fraction of sp³-hybridized carbons (Fsp3) is 0.122. The van der Waals surface area contributed by atoms with Crippen LogP contribution in [0.1, 0.15) is 51.8 Å². The number of phenolic OH excluding ortho intramolecular Hbond substituents is 15. The summed E-state index contributed by atoms with van der Waals surface area (Å²) in [6.45, 7) is -1.53. The smallest absolute Gasteiger partial charge is 0.339 e. The lowest BCUT2D eigenvalue weighted by atomic mass is 10.0. The standard InChI is InChI=1S/C41H31BrO26/c42-36(58)35(68-41(63)16-9-25(51)32(57)26(52)10-16)34(67-40(62)15-7-23(49)31(56)24(50)8-15)33(66-39(61)14-5-21(47)30(55)22(48)6-14)27(65-38(60)13-3-19(45)29(54)20(46)4-13)11-64-37(59)12-1-17(43)28(53)18(44)2-12/h1-10,27,33-35,43-57H,11H2/t27-,33-,34+,35-/m1/s1. The van der Waals surface area contributed by atoms with E-state index in [1.54, 1.807) is 0 Å². The predicted molar refractivity (Wildman–Crippen MR) is 218 cm³/mol. The molecule has 5 rings (SSSR count). The molecule has 26 nitrogen and oxygen atoms in total. The van der Waals surface area contributed by atoms with Crippen LogP contribution in [0.5, 0.6) is 86.2 Å². The van der Waals surface area contributed by atoms with Crippen LogP contribution in [0.4, 0.5) is 0 Å². The van der Waals surface area contributed by atoms with Crippen molar-refractivity contribution in [2.75, 3.05) is 6.61 Å². The zero-order valence-corrected chi connectivity index (χ0v) is 35.0. The van der Waals surface area contributed by atoms with Gasteiger partial charge in [0.25, 0.3) is 0 Å². The third-order valence-electron chi connectivity index (χ3n) is 9.10. The quantitative estimate of drug-likeness (QED) is 0.0309. The topological polar surface area (TPSA) is 452 Å². The Labute approximate surface area is 384 Å². The number of hydrogen-bond donors (Lipinski definition) is 15. The Kier molecular flexibility index (Phi) is 14.4. The number of phenols is 15.